The first-order valence-corrected chi connectivity index (χ1v) is 6.71. The first kappa shape index (κ1) is 13.9. The van der Waals surface area contributed by atoms with Gasteiger partial charge in [-0.2, -0.15) is 0 Å². The number of hydrogen-bond acceptors (Lipinski definition) is 4. The van der Waals surface area contributed by atoms with Crippen molar-refractivity contribution in [1.29, 1.82) is 0 Å². The van der Waals surface area contributed by atoms with Crippen molar-refractivity contribution in [3.8, 4) is 0 Å². The van der Waals surface area contributed by atoms with E-state index in [1.807, 2.05) is 0 Å². The van der Waals surface area contributed by atoms with E-state index < -0.39 is 23.1 Å². The predicted octanol–water partition coefficient (Wildman–Crippen LogP) is 1.42. The zero-order chi connectivity index (χ0) is 14.0. The van der Waals surface area contributed by atoms with Gasteiger partial charge in [0.25, 0.3) is 5.91 Å². The lowest BCUT2D eigenvalue weighted by Crippen LogP contribution is -2.47. The Morgan fingerprint density at radius 3 is 2.58 bits per heavy atom. The van der Waals surface area contributed by atoms with Gasteiger partial charge < -0.3 is 0 Å². The van der Waals surface area contributed by atoms with Crippen LogP contribution in [0.1, 0.15) is 24.2 Å². The van der Waals surface area contributed by atoms with Crippen LogP contribution in [0.4, 0.5) is 0 Å². The molecule has 0 saturated heterocycles. The van der Waals surface area contributed by atoms with Gasteiger partial charge in [-0.3, -0.25) is 10.2 Å². The van der Waals surface area contributed by atoms with Crippen LogP contribution in [0.5, 0.6) is 0 Å². The molecule has 0 fully saturated rings. The molecule has 2 N–H and O–H groups in total. The van der Waals surface area contributed by atoms with Crippen LogP contribution < -0.4 is 5.43 Å². The third-order valence-corrected chi connectivity index (χ3v) is 4.41. The Balaban J connectivity index is 2.16. The molecule has 6 nitrogen and oxygen atoms in total. The van der Waals surface area contributed by atoms with Crippen LogP contribution in [-0.4, -0.2) is 26.0 Å². The average Bonchev–Trinajstić information content (AvgIpc) is 2.64. The van der Waals surface area contributed by atoms with Gasteiger partial charge >= 0.3 is 0 Å². The van der Waals surface area contributed by atoms with E-state index in [2.05, 4.69) is 10.3 Å². The van der Waals surface area contributed by atoms with Crippen LogP contribution >= 0.6 is 0 Å². The van der Waals surface area contributed by atoms with Crippen molar-refractivity contribution >= 4 is 16.9 Å². The number of hydrazine groups is 1. The fourth-order valence-corrected chi connectivity index (χ4v) is 2.91. The summed E-state index contributed by atoms with van der Waals surface area (Å²) < 4.78 is 13.1. The number of benzene rings is 1. The SMILES string of the molecule is CC1=C(C)S(=O)N(NC(=O)c2ccccc2)[C@@H]1OO. The highest BCUT2D eigenvalue weighted by atomic mass is 32.2. The second-order valence-corrected chi connectivity index (χ2v) is 5.58. The fraction of sp³-hybridized carbons (Fsp3) is 0.250. The van der Waals surface area contributed by atoms with E-state index in [-0.39, 0.29) is 0 Å². The van der Waals surface area contributed by atoms with Crippen LogP contribution in [0.3, 0.4) is 0 Å². The predicted molar refractivity (Wildman–Crippen MR) is 69.8 cm³/mol. The topological polar surface area (TPSA) is 78.9 Å². The quantitative estimate of drug-likeness (QED) is 0.649. The first-order chi connectivity index (χ1) is 9.06. The molecule has 0 radical (unpaired) electrons. The van der Waals surface area contributed by atoms with Crippen LogP contribution in [0.2, 0.25) is 0 Å². The van der Waals surface area contributed by atoms with Crippen molar-refractivity contribution < 1.29 is 19.1 Å². The smallest absolute Gasteiger partial charge is 0.266 e. The first-order valence-electron chi connectivity index (χ1n) is 5.61. The van der Waals surface area contributed by atoms with Crippen molar-refractivity contribution in [3.63, 3.8) is 0 Å². The van der Waals surface area contributed by atoms with Crippen molar-refractivity contribution in [3.05, 3.63) is 46.4 Å². The molecule has 1 amide bonds. The number of amides is 1. The highest BCUT2D eigenvalue weighted by Gasteiger charge is 2.37. The maximum absolute atomic E-state index is 12.0. The monoisotopic (exact) mass is 282 g/mol. The van der Waals surface area contributed by atoms with Crippen LogP contribution in [0, 0.1) is 0 Å². The third-order valence-electron chi connectivity index (χ3n) is 2.93. The summed E-state index contributed by atoms with van der Waals surface area (Å²) in [7, 11) is -1.56. The Labute approximate surface area is 113 Å². The molecule has 2 atom stereocenters. The number of nitrogens with zero attached hydrogens (tertiary/aromatic N) is 1. The van der Waals surface area contributed by atoms with Gasteiger partial charge in [0, 0.05) is 10.5 Å². The number of allylic oxidation sites excluding steroid dienone is 1. The summed E-state index contributed by atoms with van der Waals surface area (Å²) in [6.45, 7) is 3.34. The summed E-state index contributed by atoms with van der Waals surface area (Å²) in [6, 6.07) is 8.52. The molecule has 7 heteroatoms. The molecule has 0 spiro atoms. The van der Waals surface area contributed by atoms with E-state index in [0.717, 1.165) is 4.41 Å². The molecule has 1 heterocycles. The second-order valence-electron chi connectivity index (χ2n) is 4.08. The summed E-state index contributed by atoms with van der Waals surface area (Å²) >= 11 is 0. The lowest BCUT2D eigenvalue weighted by molar-refractivity contribution is -0.291. The van der Waals surface area contributed by atoms with E-state index in [1.54, 1.807) is 44.2 Å². The largest absolute Gasteiger partial charge is 0.270 e. The Morgan fingerprint density at radius 1 is 1.37 bits per heavy atom. The molecular formula is C12H14N2O4S. The van der Waals surface area contributed by atoms with E-state index in [9.17, 15) is 9.00 Å². The molecule has 0 aliphatic carbocycles. The maximum atomic E-state index is 12.0. The molecule has 0 aromatic heterocycles. The number of nitrogens with one attached hydrogen (secondary N) is 1. The minimum absolute atomic E-state index is 0.418. The van der Waals surface area contributed by atoms with Gasteiger partial charge in [0.1, 0.15) is 11.0 Å². The summed E-state index contributed by atoms with van der Waals surface area (Å²) in [5.41, 5.74) is 3.51. The lowest BCUT2D eigenvalue weighted by atomic mass is 10.2. The molecular weight excluding hydrogens is 268 g/mol. The Hall–Kier alpha value is -1.54. The molecule has 0 bridgehead atoms. The van der Waals surface area contributed by atoms with Crippen LogP contribution in [0.25, 0.3) is 0 Å². The zero-order valence-electron chi connectivity index (χ0n) is 10.5. The maximum Gasteiger partial charge on any atom is 0.266 e. The minimum Gasteiger partial charge on any atom is -0.270 e. The molecule has 102 valence electrons. The van der Waals surface area contributed by atoms with Crippen molar-refractivity contribution in [2.75, 3.05) is 0 Å². The molecule has 0 saturated carbocycles. The molecule has 1 unspecified atom stereocenters. The van der Waals surface area contributed by atoms with Gasteiger partial charge in [-0.1, -0.05) is 22.6 Å². The lowest BCUT2D eigenvalue weighted by Gasteiger charge is -2.21. The summed E-state index contributed by atoms with van der Waals surface area (Å²) in [5, 5.41) is 8.86. The Bertz CT molecular complexity index is 544. The summed E-state index contributed by atoms with van der Waals surface area (Å²) in [4.78, 5) is 16.8. The second kappa shape index (κ2) is 5.62. The van der Waals surface area contributed by atoms with Crippen LogP contribution in [0.15, 0.2) is 40.8 Å². The fourth-order valence-electron chi connectivity index (χ4n) is 1.70. The highest BCUT2D eigenvalue weighted by molar-refractivity contribution is 7.86. The third kappa shape index (κ3) is 2.59. The van der Waals surface area contributed by atoms with Crippen molar-refractivity contribution in [2.24, 2.45) is 0 Å². The normalized spacial score (nSPS) is 23.7. The van der Waals surface area contributed by atoms with Gasteiger partial charge in [-0.05, 0) is 31.6 Å². The Kier molecular flexibility index (Phi) is 4.11. The van der Waals surface area contributed by atoms with Gasteiger partial charge in [-0.15, -0.1) is 0 Å². The Morgan fingerprint density at radius 2 is 2.00 bits per heavy atom. The number of rotatable bonds is 3. The van der Waals surface area contributed by atoms with E-state index >= 15 is 0 Å². The summed E-state index contributed by atoms with van der Waals surface area (Å²) in [5.74, 6) is -0.418. The van der Waals surface area contributed by atoms with E-state index in [4.69, 9.17) is 5.26 Å². The molecule has 19 heavy (non-hydrogen) atoms. The average molecular weight is 282 g/mol. The van der Waals surface area contributed by atoms with Crippen LogP contribution in [-0.2, 0) is 15.9 Å². The molecule has 1 aromatic carbocycles. The van der Waals surface area contributed by atoms with Crippen molar-refractivity contribution in [1.82, 2.24) is 9.84 Å². The molecule has 2 rings (SSSR count). The van der Waals surface area contributed by atoms with E-state index in [1.165, 1.54) is 0 Å². The molecule has 1 aliphatic rings. The van der Waals surface area contributed by atoms with Crippen molar-refractivity contribution in [2.45, 2.75) is 20.1 Å². The number of carbonyl (C=O) groups is 1. The minimum atomic E-state index is -1.56. The summed E-state index contributed by atoms with van der Waals surface area (Å²) in [6.07, 6.45) is -0.937. The van der Waals surface area contributed by atoms with E-state index in [0.29, 0.717) is 16.0 Å². The molecule has 1 aliphatic heterocycles. The molecule has 1 aromatic rings. The number of carbonyl (C=O) groups excluding carboxylic acids is 1. The highest BCUT2D eigenvalue weighted by Crippen LogP contribution is 2.27. The zero-order valence-corrected chi connectivity index (χ0v) is 11.3. The van der Waals surface area contributed by atoms with Gasteiger partial charge in [0.2, 0.25) is 0 Å². The van der Waals surface area contributed by atoms with Gasteiger partial charge in [0.15, 0.2) is 6.23 Å². The van der Waals surface area contributed by atoms with Gasteiger partial charge in [-0.25, -0.2) is 14.4 Å². The standard InChI is InChI=1S/C12H14N2O4S/c1-8-9(2)19(17)14(12(8)18-16)13-11(15)10-6-4-3-5-7-10/h3-7,12,16H,1-2H3,(H,13,15)/t12-,19?/m1/s1. The number of hydrogen-bond donors (Lipinski definition) is 2. The van der Waals surface area contributed by atoms with Gasteiger partial charge in [0.05, 0.1) is 0 Å².